The first kappa shape index (κ1) is 10.4. The average Bonchev–Trinajstić information content (AvgIpc) is 2.51. The zero-order valence-corrected chi connectivity index (χ0v) is 7.28. The van der Waals surface area contributed by atoms with Crippen LogP contribution in [0, 0.1) is 0 Å². The standard InChI is InChI=1S/C7H8F2N2O3/c1-2-11-4-5(3-10-11)14-7(8,9)6(12)13/h3-4H,2H2,1H3,(H,12,13). The summed E-state index contributed by atoms with van der Waals surface area (Å²) in [5.74, 6) is -2.61. The molecule has 78 valence electrons. The summed E-state index contributed by atoms with van der Waals surface area (Å²) >= 11 is 0. The lowest BCUT2D eigenvalue weighted by atomic mass is 10.6. The van der Waals surface area contributed by atoms with Crippen molar-refractivity contribution in [3.63, 3.8) is 0 Å². The maximum Gasteiger partial charge on any atom is 0.502 e. The molecule has 0 bridgehead atoms. The van der Waals surface area contributed by atoms with Gasteiger partial charge >= 0.3 is 12.1 Å². The minimum absolute atomic E-state index is 0.278. The summed E-state index contributed by atoms with van der Waals surface area (Å²) in [6.45, 7) is 2.24. The molecule has 7 heteroatoms. The minimum atomic E-state index is -4.22. The minimum Gasteiger partial charge on any atom is -0.474 e. The molecule has 0 atom stereocenters. The van der Waals surface area contributed by atoms with Gasteiger partial charge in [-0.2, -0.15) is 13.9 Å². The lowest BCUT2D eigenvalue weighted by Crippen LogP contribution is -2.34. The van der Waals surface area contributed by atoms with E-state index < -0.39 is 12.1 Å². The van der Waals surface area contributed by atoms with E-state index in [4.69, 9.17) is 5.11 Å². The number of hydrogen-bond acceptors (Lipinski definition) is 3. The third-order valence-corrected chi connectivity index (χ3v) is 1.43. The molecule has 0 aliphatic rings. The first-order valence-electron chi connectivity index (χ1n) is 3.78. The zero-order valence-electron chi connectivity index (χ0n) is 7.28. The molecular weight excluding hydrogens is 198 g/mol. The lowest BCUT2D eigenvalue weighted by Gasteiger charge is -2.10. The molecule has 14 heavy (non-hydrogen) atoms. The van der Waals surface area contributed by atoms with E-state index in [9.17, 15) is 13.6 Å². The average molecular weight is 206 g/mol. The molecule has 1 rings (SSSR count). The highest BCUT2D eigenvalue weighted by atomic mass is 19.3. The number of alkyl halides is 2. The number of ether oxygens (including phenoxy) is 1. The molecule has 5 nitrogen and oxygen atoms in total. The van der Waals surface area contributed by atoms with Gasteiger partial charge in [-0.3, -0.25) is 4.68 Å². The van der Waals surface area contributed by atoms with Gasteiger partial charge < -0.3 is 9.84 Å². The molecule has 0 aromatic carbocycles. The second-order valence-electron chi connectivity index (χ2n) is 2.46. The van der Waals surface area contributed by atoms with E-state index in [1.54, 1.807) is 6.92 Å². The van der Waals surface area contributed by atoms with Gasteiger partial charge in [0.15, 0.2) is 5.75 Å². The molecular formula is C7H8F2N2O3. The number of aliphatic carboxylic acids is 1. The van der Waals surface area contributed by atoms with Gasteiger partial charge in [0.25, 0.3) is 0 Å². The number of carboxylic acid groups (broad SMARTS) is 1. The summed E-state index contributed by atoms with van der Waals surface area (Å²) in [5.41, 5.74) is 0. The van der Waals surface area contributed by atoms with Gasteiger partial charge in [0, 0.05) is 6.54 Å². The molecule has 0 saturated carbocycles. The molecule has 0 unspecified atom stereocenters. The topological polar surface area (TPSA) is 64.3 Å². The van der Waals surface area contributed by atoms with Crippen LogP contribution in [0.25, 0.3) is 0 Å². The Labute approximate surface area is 77.9 Å². The summed E-state index contributed by atoms with van der Waals surface area (Å²) < 4.78 is 30.2. The molecule has 0 spiro atoms. The predicted molar refractivity (Wildman–Crippen MR) is 41.1 cm³/mol. The van der Waals surface area contributed by atoms with Crippen LogP contribution in [-0.4, -0.2) is 27.0 Å². The number of carbonyl (C=O) groups is 1. The van der Waals surface area contributed by atoms with Crippen molar-refractivity contribution in [1.29, 1.82) is 0 Å². The Hall–Kier alpha value is -1.66. The van der Waals surface area contributed by atoms with Crippen LogP contribution in [0.3, 0.4) is 0 Å². The molecule has 0 aliphatic carbocycles. The molecule has 1 N–H and O–H groups in total. The number of aromatic nitrogens is 2. The van der Waals surface area contributed by atoms with Crippen LogP contribution in [-0.2, 0) is 11.3 Å². The third-order valence-electron chi connectivity index (χ3n) is 1.43. The second kappa shape index (κ2) is 3.60. The van der Waals surface area contributed by atoms with Crippen LogP contribution in [0.1, 0.15) is 6.92 Å². The van der Waals surface area contributed by atoms with Crippen molar-refractivity contribution in [2.24, 2.45) is 0 Å². The summed E-state index contributed by atoms with van der Waals surface area (Å²) in [4.78, 5) is 10.00. The maximum absolute atomic E-state index is 12.5. The van der Waals surface area contributed by atoms with E-state index in [1.165, 1.54) is 10.9 Å². The van der Waals surface area contributed by atoms with Crippen molar-refractivity contribution in [3.8, 4) is 5.75 Å². The third kappa shape index (κ3) is 2.18. The first-order valence-corrected chi connectivity index (χ1v) is 3.78. The molecule has 0 aliphatic heterocycles. The quantitative estimate of drug-likeness (QED) is 0.796. The van der Waals surface area contributed by atoms with Gasteiger partial charge in [0.1, 0.15) is 0 Å². The fourth-order valence-corrected chi connectivity index (χ4v) is 0.762. The summed E-state index contributed by atoms with van der Waals surface area (Å²) in [7, 11) is 0. The Morgan fingerprint density at radius 2 is 2.43 bits per heavy atom. The first-order chi connectivity index (χ1) is 6.45. The number of halogens is 2. The fourth-order valence-electron chi connectivity index (χ4n) is 0.762. The van der Waals surface area contributed by atoms with Crippen molar-refractivity contribution < 1.29 is 23.4 Å². The Bertz CT molecular complexity index is 337. The van der Waals surface area contributed by atoms with E-state index in [2.05, 4.69) is 9.84 Å². The highest BCUT2D eigenvalue weighted by Crippen LogP contribution is 2.20. The van der Waals surface area contributed by atoms with Crippen molar-refractivity contribution in [1.82, 2.24) is 9.78 Å². The largest absolute Gasteiger partial charge is 0.502 e. The van der Waals surface area contributed by atoms with E-state index in [0.29, 0.717) is 6.54 Å². The number of rotatable bonds is 4. The highest BCUT2D eigenvalue weighted by Gasteiger charge is 2.42. The molecule has 0 radical (unpaired) electrons. The van der Waals surface area contributed by atoms with Crippen LogP contribution >= 0.6 is 0 Å². The Morgan fingerprint density at radius 3 is 2.86 bits per heavy atom. The maximum atomic E-state index is 12.5. The van der Waals surface area contributed by atoms with Crippen LogP contribution in [0.2, 0.25) is 0 Å². The van der Waals surface area contributed by atoms with Gasteiger partial charge in [-0.1, -0.05) is 0 Å². The fraction of sp³-hybridized carbons (Fsp3) is 0.429. The Morgan fingerprint density at radius 1 is 1.79 bits per heavy atom. The van der Waals surface area contributed by atoms with Gasteiger partial charge in [-0.25, -0.2) is 4.79 Å². The van der Waals surface area contributed by atoms with Crippen LogP contribution in [0.5, 0.6) is 5.75 Å². The molecule has 1 aromatic rings. The van der Waals surface area contributed by atoms with Crippen molar-refractivity contribution in [3.05, 3.63) is 12.4 Å². The Kier molecular flexibility index (Phi) is 2.68. The summed E-state index contributed by atoms with van der Waals surface area (Å²) in [6.07, 6.45) is -2.00. The molecule has 0 saturated heterocycles. The second-order valence-corrected chi connectivity index (χ2v) is 2.46. The van der Waals surface area contributed by atoms with Crippen molar-refractivity contribution >= 4 is 5.97 Å². The number of hydrogen-bond donors (Lipinski definition) is 1. The van der Waals surface area contributed by atoms with Gasteiger partial charge in [0.05, 0.1) is 12.4 Å². The molecule has 0 amide bonds. The molecule has 0 fully saturated rings. The van der Waals surface area contributed by atoms with E-state index in [1.807, 2.05) is 0 Å². The Balaban J connectivity index is 2.73. The van der Waals surface area contributed by atoms with Crippen LogP contribution < -0.4 is 4.74 Å². The smallest absolute Gasteiger partial charge is 0.474 e. The lowest BCUT2D eigenvalue weighted by molar-refractivity contribution is -0.210. The normalized spacial score (nSPS) is 11.4. The van der Waals surface area contributed by atoms with Gasteiger partial charge in [-0.15, -0.1) is 0 Å². The molecule has 1 aromatic heterocycles. The van der Waals surface area contributed by atoms with E-state index >= 15 is 0 Å². The predicted octanol–water partition coefficient (Wildman–Crippen LogP) is 0.959. The van der Waals surface area contributed by atoms with E-state index in [0.717, 1.165) is 6.20 Å². The van der Waals surface area contributed by atoms with Crippen molar-refractivity contribution in [2.75, 3.05) is 0 Å². The highest BCUT2D eigenvalue weighted by molar-refractivity contribution is 5.73. The number of carboxylic acids is 1. The molecule has 1 heterocycles. The van der Waals surface area contributed by atoms with Crippen LogP contribution in [0.15, 0.2) is 12.4 Å². The monoisotopic (exact) mass is 206 g/mol. The van der Waals surface area contributed by atoms with Crippen molar-refractivity contribution in [2.45, 2.75) is 19.6 Å². The number of nitrogens with zero attached hydrogens (tertiary/aromatic N) is 2. The summed E-state index contributed by atoms with van der Waals surface area (Å²) in [6, 6.07) is 0. The van der Waals surface area contributed by atoms with E-state index in [-0.39, 0.29) is 5.75 Å². The summed E-state index contributed by atoms with van der Waals surface area (Å²) in [5, 5.41) is 11.7. The zero-order chi connectivity index (χ0) is 10.8. The van der Waals surface area contributed by atoms with Gasteiger partial charge in [0.2, 0.25) is 0 Å². The van der Waals surface area contributed by atoms with Crippen LogP contribution in [0.4, 0.5) is 8.78 Å². The SMILES string of the molecule is CCn1cc(OC(F)(F)C(=O)O)cn1. The van der Waals surface area contributed by atoms with Gasteiger partial charge in [-0.05, 0) is 6.92 Å². The number of aryl methyl sites for hydroxylation is 1.